The maximum Gasteiger partial charge on any atom is 0.237 e. The number of hydrogen-bond donors (Lipinski definition) is 0. The van der Waals surface area contributed by atoms with Gasteiger partial charge in [0, 0.05) is 54.8 Å². The molecule has 12 rings (SSSR count). The second kappa shape index (κ2) is 10.3. The summed E-state index contributed by atoms with van der Waals surface area (Å²) in [5.74, 6) is 1.25. The van der Waals surface area contributed by atoms with Crippen LogP contribution in [0.2, 0.25) is 0 Å². The minimum Gasteiger partial charge on any atom is -0.439 e. The summed E-state index contributed by atoms with van der Waals surface area (Å²) >= 11 is 1.78. The lowest BCUT2D eigenvalue weighted by molar-refractivity contribution is 0.642. The van der Waals surface area contributed by atoms with Crippen LogP contribution in [0, 0.1) is 0 Å². The van der Waals surface area contributed by atoms with Gasteiger partial charge in [0.2, 0.25) is 17.6 Å². The largest absolute Gasteiger partial charge is 0.439 e. The smallest absolute Gasteiger partial charge is 0.237 e. The van der Waals surface area contributed by atoms with E-state index in [1.165, 1.54) is 20.9 Å². The molecule has 6 aromatic carbocycles. The zero-order valence-electron chi connectivity index (χ0n) is 27.4. The quantitative estimate of drug-likeness (QED) is 0.185. The number of hydrogen-bond acceptors (Lipinski definition) is 6. The normalized spacial score (nSPS) is 12.2. The van der Waals surface area contributed by atoms with Crippen molar-refractivity contribution in [3.8, 4) is 23.0 Å². The Morgan fingerprint density at radius 2 is 1.08 bits per heavy atom. The second-order valence-electron chi connectivity index (χ2n) is 13.1. The van der Waals surface area contributed by atoms with Crippen LogP contribution >= 0.6 is 11.3 Å². The van der Waals surface area contributed by atoms with Crippen molar-refractivity contribution in [2.24, 2.45) is 0 Å². The first-order chi connectivity index (χ1) is 25.8. The summed E-state index contributed by atoms with van der Waals surface area (Å²) in [6.07, 6.45) is 3.80. The van der Waals surface area contributed by atoms with Gasteiger partial charge in [-0.1, -0.05) is 84.9 Å². The van der Waals surface area contributed by atoms with Crippen molar-refractivity contribution in [1.82, 2.24) is 29.1 Å². The first-order valence-electron chi connectivity index (χ1n) is 17.1. The van der Waals surface area contributed by atoms with Crippen LogP contribution in [0.1, 0.15) is 0 Å². The highest BCUT2D eigenvalue weighted by atomic mass is 32.1. The Kier molecular flexibility index (Phi) is 5.53. The Balaban J connectivity index is 1.11. The topological polar surface area (TPSA) is 74.6 Å². The average molecular weight is 685 g/mol. The van der Waals surface area contributed by atoms with Gasteiger partial charge in [-0.15, -0.1) is 11.3 Å². The third-order valence-corrected chi connectivity index (χ3v) is 11.4. The van der Waals surface area contributed by atoms with E-state index in [4.69, 9.17) is 24.4 Å². The number of rotatable bonds is 3. The molecule has 0 fully saturated rings. The van der Waals surface area contributed by atoms with Gasteiger partial charge in [-0.3, -0.25) is 4.57 Å². The van der Waals surface area contributed by atoms with Crippen LogP contribution in [-0.4, -0.2) is 29.1 Å². The van der Waals surface area contributed by atoms with Crippen molar-refractivity contribution in [2.45, 2.75) is 0 Å². The predicted molar refractivity (Wildman–Crippen MR) is 212 cm³/mol. The Hall–Kier alpha value is -6.90. The third kappa shape index (κ3) is 3.84. The van der Waals surface area contributed by atoms with Crippen LogP contribution in [0.15, 0.2) is 150 Å². The van der Waals surface area contributed by atoms with E-state index in [9.17, 15) is 0 Å². The molecule has 0 amide bonds. The summed E-state index contributed by atoms with van der Waals surface area (Å²) in [4.78, 5) is 20.8. The van der Waals surface area contributed by atoms with Crippen molar-refractivity contribution in [2.75, 3.05) is 0 Å². The molecule has 0 N–H and O–H groups in total. The van der Waals surface area contributed by atoms with E-state index in [-0.39, 0.29) is 0 Å². The van der Waals surface area contributed by atoms with Gasteiger partial charge < -0.3 is 4.42 Å². The van der Waals surface area contributed by atoms with Gasteiger partial charge in [-0.25, -0.2) is 24.5 Å². The van der Waals surface area contributed by atoms with Crippen LogP contribution in [0.4, 0.5) is 0 Å². The van der Waals surface area contributed by atoms with E-state index < -0.39 is 0 Å². The van der Waals surface area contributed by atoms with Gasteiger partial charge in [0.05, 0.1) is 27.5 Å². The molecule has 0 saturated carbocycles. The molecule has 6 heterocycles. The molecular formula is C44H24N6OS. The standard InChI is InChI=1S/C44H24N6OS/c1-5-13-33-27(9-1)23-45-43(47-33)49-35-19-17-25(21-31(35)39-29-11-3-7-15-37(29)51-41(39)49)26-18-20-36-32(22-26)40-30-12-4-8-16-38(30)52-42(40)50(36)44-46-24-28-10-2-6-14-34(28)48-44/h1-24H. The number of fused-ring (bicyclic) bond motifs is 12. The Bertz CT molecular complexity index is 3210. The van der Waals surface area contributed by atoms with Crippen LogP contribution in [0.3, 0.4) is 0 Å². The molecule has 8 heteroatoms. The molecule has 52 heavy (non-hydrogen) atoms. The van der Waals surface area contributed by atoms with Crippen molar-refractivity contribution in [3.63, 3.8) is 0 Å². The predicted octanol–water partition coefficient (Wildman–Crippen LogP) is 11.4. The Morgan fingerprint density at radius 3 is 1.81 bits per heavy atom. The molecule has 12 aromatic rings. The summed E-state index contributed by atoms with van der Waals surface area (Å²) in [6, 6.07) is 46.4. The maximum atomic E-state index is 6.56. The van der Waals surface area contributed by atoms with E-state index in [0.717, 1.165) is 76.3 Å². The lowest BCUT2D eigenvalue weighted by Gasteiger charge is -2.08. The number of thiophene rings is 1. The van der Waals surface area contributed by atoms with Gasteiger partial charge in [0.15, 0.2) is 0 Å². The minimum absolute atomic E-state index is 0.580. The van der Waals surface area contributed by atoms with Gasteiger partial charge >= 0.3 is 0 Å². The molecular weight excluding hydrogens is 661 g/mol. The van der Waals surface area contributed by atoms with E-state index >= 15 is 0 Å². The molecule has 242 valence electrons. The number of furan rings is 1. The van der Waals surface area contributed by atoms with Gasteiger partial charge in [0.1, 0.15) is 10.4 Å². The van der Waals surface area contributed by atoms with Crippen molar-refractivity contribution in [3.05, 3.63) is 146 Å². The third-order valence-electron chi connectivity index (χ3n) is 10.3. The van der Waals surface area contributed by atoms with E-state index in [1.54, 1.807) is 11.3 Å². The molecule has 6 aromatic heterocycles. The SMILES string of the molecule is c1ccc2nc(-n3c4ccc(-c5ccc6c(c5)c5c7ccccc7sc5n6-c5ncc6ccccc6n5)cc4c4c5ccccc5oc43)ncc2c1. The number of nitrogens with zero attached hydrogens (tertiary/aromatic N) is 6. The van der Waals surface area contributed by atoms with E-state index in [0.29, 0.717) is 11.9 Å². The molecule has 0 radical (unpaired) electrons. The Labute approximate surface area is 298 Å². The summed E-state index contributed by atoms with van der Waals surface area (Å²) in [5.41, 5.74) is 7.68. The number of para-hydroxylation sites is 3. The molecule has 0 saturated heterocycles. The molecule has 0 bridgehead atoms. The minimum atomic E-state index is 0.580. The fourth-order valence-electron chi connectivity index (χ4n) is 7.88. The van der Waals surface area contributed by atoms with Crippen LogP contribution in [0.25, 0.3) is 109 Å². The first-order valence-corrected chi connectivity index (χ1v) is 17.9. The van der Waals surface area contributed by atoms with E-state index in [1.807, 2.05) is 73.1 Å². The summed E-state index contributed by atoms with van der Waals surface area (Å²) in [6.45, 7) is 0. The fourth-order valence-corrected chi connectivity index (χ4v) is 9.11. The summed E-state index contributed by atoms with van der Waals surface area (Å²) in [7, 11) is 0. The second-order valence-corrected chi connectivity index (χ2v) is 14.2. The molecule has 7 nitrogen and oxygen atoms in total. The van der Waals surface area contributed by atoms with Crippen LogP contribution in [0.5, 0.6) is 0 Å². The molecule has 0 atom stereocenters. The highest BCUT2D eigenvalue weighted by Crippen LogP contribution is 2.44. The Morgan fingerprint density at radius 1 is 0.500 bits per heavy atom. The molecule has 0 unspecified atom stereocenters. The first kappa shape index (κ1) is 27.9. The molecule has 0 spiro atoms. The number of benzene rings is 6. The highest BCUT2D eigenvalue weighted by molar-refractivity contribution is 7.25. The van der Waals surface area contributed by atoms with Crippen LogP contribution in [-0.2, 0) is 0 Å². The zero-order valence-corrected chi connectivity index (χ0v) is 28.2. The van der Waals surface area contributed by atoms with Gasteiger partial charge in [-0.2, -0.15) is 0 Å². The van der Waals surface area contributed by atoms with Crippen molar-refractivity contribution >= 4 is 97.3 Å². The summed E-state index contributed by atoms with van der Waals surface area (Å²) < 4.78 is 12.1. The lowest BCUT2D eigenvalue weighted by atomic mass is 10.00. The molecule has 0 aliphatic heterocycles. The van der Waals surface area contributed by atoms with Crippen molar-refractivity contribution in [1.29, 1.82) is 0 Å². The highest BCUT2D eigenvalue weighted by Gasteiger charge is 2.23. The molecule has 0 aliphatic rings. The monoisotopic (exact) mass is 684 g/mol. The van der Waals surface area contributed by atoms with Gasteiger partial charge in [-0.05, 0) is 59.7 Å². The number of aromatic nitrogens is 6. The van der Waals surface area contributed by atoms with Gasteiger partial charge in [0.25, 0.3) is 0 Å². The van der Waals surface area contributed by atoms with E-state index in [2.05, 4.69) is 81.9 Å². The fraction of sp³-hybridized carbons (Fsp3) is 0. The van der Waals surface area contributed by atoms with Crippen LogP contribution < -0.4 is 0 Å². The van der Waals surface area contributed by atoms with Crippen molar-refractivity contribution < 1.29 is 4.42 Å². The lowest BCUT2D eigenvalue weighted by Crippen LogP contribution is -2.00. The molecule has 0 aliphatic carbocycles. The summed E-state index contributed by atoms with van der Waals surface area (Å²) in [5, 5.41) is 8.84. The maximum absolute atomic E-state index is 6.56. The average Bonchev–Trinajstić information content (AvgIpc) is 3.93. The zero-order chi connectivity index (χ0) is 33.9.